The first-order valence-electron chi connectivity index (χ1n) is 4.58. The van der Waals surface area contributed by atoms with Gasteiger partial charge in [0.15, 0.2) is 5.16 Å². The van der Waals surface area contributed by atoms with E-state index < -0.39 is 0 Å². The Kier molecular flexibility index (Phi) is 3.63. The molecule has 2 N–H and O–H groups in total. The van der Waals surface area contributed by atoms with Crippen LogP contribution >= 0.6 is 23.4 Å². The van der Waals surface area contributed by atoms with Crippen molar-refractivity contribution in [3.05, 3.63) is 29.2 Å². The largest absolute Gasteiger partial charge is 0.366 e. The summed E-state index contributed by atoms with van der Waals surface area (Å²) in [6.07, 6.45) is 5.49. The third-order valence-electron chi connectivity index (χ3n) is 1.89. The first-order valence-corrected chi connectivity index (χ1v) is 6.18. The van der Waals surface area contributed by atoms with Gasteiger partial charge in [0.2, 0.25) is 0 Å². The molecule has 0 aliphatic rings. The van der Waals surface area contributed by atoms with Crippen molar-refractivity contribution in [3.8, 4) is 0 Å². The zero-order chi connectivity index (χ0) is 11.4. The van der Waals surface area contributed by atoms with Crippen molar-refractivity contribution in [2.24, 2.45) is 0 Å². The number of halogens is 1. The van der Waals surface area contributed by atoms with Gasteiger partial charge in [-0.25, -0.2) is 9.97 Å². The number of aromatic nitrogens is 4. The number of hydrogen-bond acceptors (Lipinski definition) is 5. The smallest absolute Gasteiger partial charge is 0.190 e. The number of hydrogen-bond donors (Lipinski definition) is 2. The minimum Gasteiger partial charge on any atom is -0.366 e. The van der Waals surface area contributed by atoms with Crippen LogP contribution in [0, 0.1) is 0 Å². The van der Waals surface area contributed by atoms with Gasteiger partial charge in [0.25, 0.3) is 0 Å². The van der Waals surface area contributed by atoms with Gasteiger partial charge < -0.3 is 5.32 Å². The summed E-state index contributed by atoms with van der Waals surface area (Å²) >= 11 is 7.32. The molecule has 2 aromatic heterocycles. The van der Waals surface area contributed by atoms with Crippen LogP contribution in [0.2, 0.25) is 5.15 Å². The lowest BCUT2D eigenvalue weighted by Gasteiger charge is -2.05. The van der Waals surface area contributed by atoms with E-state index in [-0.39, 0.29) is 0 Å². The molecule has 0 spiro atoms. The Bertz CT molecular complexity index is 459. The predicted molar refractivity (Wildman–Crippen MR) is 64.7 cm³/mol. The number of nitrogens with one attached hydrogen (secondary N) is 2. The quantitative estimate of drug-likeness (QED) is 0.498. The molecule has 84 valence electrons. The Morgan fingerprint density at radius 3 is 3.06 bits per heavy atom. The second-order valence-electron chi connectivity index (χ2n) is 3.02. The van der Waals surface area contributed by atoms with Crippen molar-refractivity contribution < 1.29 is 0 Å². The van der Waals surface area contributed by atoms with E-state index in [1.165, 1.54) is 11.8 Å². The van der Waals surface area contributed by atoms with Gasteiger partial charge in [0.05, 0.1) is 6.20 Å². The molecule has 2 aromatic rings. The molecule has 0 fully saturated rings. The van der Waals surface area contributed by atoms with Gasteiger partial charge in [-0.05, 0) is 6.26 Å². The summed E-state index contributed by atoms with van der Waals surface area (Å²) in [6.45, 7) is 0.650. The van der Waals surface area contributed by atoms with E-state index in [2.05, 4.69) is 25.5 Å². The van der Waals surface area contributed by atoms with Crippen LogP contribution in [0.15, 0.2) is 23.6 Å². The molecule has 0 bridgehead atoms. The summed E-state index contributed by atoms with van der Waals surface area (Å²) < 4.78 is 0. The molecular weight excluding hydrogens is 246 g/mol. The first kappa shape index (κ1) is 11.2. The Morgan fingerprint density at radius 2 is 2.38 bits per heavy atom. The fourth-order valence-corrected chi connectivity index (χ4v) is 1.76. The number of aromatic amines is 1. The van der Waals surface area contributed by atoms with Gasteiger partial charge >= 0.3 is 0 Å². The standard InChI is InChI=1S/C9H10ClN5S/c1-16-9-14-7(10)2-8(15-9)11-3-6-4-12-13-5-6/h2,4-5H,3H2,1H3,(H,12,13)(H,11,14,15). The van der Waals surface area contributed by atoms with Gasteiger partial charge in [-0.15, -0.1) is 0 Å². The van der Waals surface area contributed by atoms with E-state index in [1.54, 1.807) is 12.3 Å². The highest BCUT2D eigenvalue weighted by molar-refractivity contribution is 7.98. The molecule has 7 heteroatoms. The molecule has 0 aliphatic carbocycles. The summed E-state index contributed by atoms with van der Waals surface area (Å²) in [5.74, 6) is 0.713. The van der Waals surface area contributed by atoms with E-state index in [0.29, 0.717) is 22.7 Å². The summed E-state index contributed by atoms with van der Waals surface area (Å²) in [5.41, 5.74) is 1.06. The molecule has 0 saturated carbocycles. The van der Waals surface area contributed by atoms with Crippen molar-refractivity contribution >= 4 is 29.2 Å². The second kappa shape index (κ2) is 5.18. The average Bonchev–Trinajstić information content (AvgIpc) is 2.78. The minimum absolute atomic E-state index is 0.439. The Balaban J connectivity index is 2.06. The molecular formula is C9H10ClN5S. The Morgan fingerprint density at radius 1 is 1.50 bits per heavy atom. The van der Waals surface area contributed by atoms with Crippen LogP contribution in [0.4, 0.5) is 5.82 Å². The van der Waals surface area contributed by atoms with Gasteiger partial charge in [-0.1, -0.05) is 23.4 Å². The lowest BCUT2D eigenvalue weighted by Crippen LogP contribution is -2.02. The zero-order valence-electron chi connectivity index (χ0n) is 8.57. The molecule has 0 aliphatic heterocycles. The second-order valence-corrected chi connectivity index (χ2v) is 4.18. The molecule has 2 heterocycles. The highest BCUT2D eigenvalue weighted by Gasteiger charge is 2.02. The number of thioether (sulfide) groups is 1. The lowest BCUT2D eigenvalue weighted by atomic mass is 10.3. The molecule has 0 amide bonds. The first-order chi connectivity index (χ1) is 7.78. The van der Waals surface area contributed by atoms with E-state index >= 15 is 0 Å². The fraction of sp³-hybridized carbons (Fsp3) is 0.222. The van der Waals surface area contributed by atoms with Crippen LogP contribution in [0.5, 0.6) is 0 Å². The van der Waals surface area contributed by atoms with Crippen molar-refractivity contribution in [2.75, 3.05) is 11.6 Å². The Labute approximate surface area is 102 Å². The highest BCUT2D eigenvalue weighted by atomic mass is 35.5. The van der Waals surface area contributed by atoms with Crippen molar-refractivity contribution in [3.63, 3.8) is 0 Å². The fourth-order valence-electron chi connectivity index (χ4n) is 1.15. The van der Waals surface area contributed by atoms with Gasteiger partial charge in [0.1, 0.15) is 11.0 Å². The van der Waals surface area contributed by atoms with E-state index in [0.717, 1.165) is 5.56 Å². The molecule has 0 atom stereocenters. The van der Waals surface area contributed by atoms with Crippen molar-refractivity contribution in [2.45, 2.75) is 11.7 Å². The third-order valence-corrected chi connectivity index (χ3v) is 2.63. The molecule has 0 saturated heterocycles. The van der Waals surface area contributed by atoms with Crippen LogP contribution in [0.25, 0.3) is 0 Å². The Hall–Kier alpha value is -1.27. The monoisotopic (exact) mass is 255 g/mol. The van der Waals surface area contributed by atoms with Crippen LogP contribution in [-0.4, -0.2) is 26.4 Å². The molecule has 2 rings (SSSR count). The third kappa shape index (κ3) is 2.86. The molecule has 0 unspecified atom stereocenters. The highest BCUT2D eigenvalue weighted by Crippen LogP contribution is 2.17. The summed E-state index contributed by atoms with van der Waals surface area (Å²) in [5, 5.41) is 10.9. The maximum atomic E-state index is 5.87. The molecule has 0 aromatic carbocycles. The molecule has 0 radical (unpaired) electrons. The molecule has 16 heavy (non-hydrogen) atoms. The zero-order valence-corrected chi connectivity index (χ0v) is 10.1. The van der Waals surface area contributed by atoms with Crippen LogP contribution in [0.1, 0.15) is 5.56 Å². The van der Waals surface area contributed by atoms with Crippen molar-refractivity contribution in [1.29, 1.82) is 0 Å². The maximum absolute atomic E-state index is 5.87. The number of nitrogens with zero attached hydrogens (tertiary/aromatic N) is 3. The lowest BCUT2D eigenvalue weighted by molar-refractivity contribution is 0.957. The van der Waals surface area contributed by atoms with Crippen LogP contribution in [0.3, 0.4) is 0 Å². The van der Waals surface area contributed by atoms with Crippen LogP contribution < -0.4 is 5.32 Å². The van der Waals surface area contributed by atoms with Crippen LogP contribution in [-0.2, 0) is 6.54 Å². The van der Waals surface area contributed by atoms with Gasteiger partial charge in [-0.2, -0.15) is 5.10 Å². The normalized spacial score (nSPS) is 10.4. The average molecular weight is 256 g/mol. The number of H-pyrrole nitrogens is 1. The number of anilines is 1. The summed E-state index contributed by atoms with van der Waals surface area (Å²) in [6, 6.07) is 1.70. The van der Waals surface area contributed by atoms with Gasteiger partial charge in [0, 0.05) is 24.4 Å². The summed E-state index contributed by atoms with van der Waals surface area (Å²) in [7, 11) is 0. The predicted octanol–water partition coefficient (Wildman–Crippen LogP) is 2.19. The van der Waals surface area contributed by atoms with E-state index in [9.17, 15) is 0 Å². The molecule has 5 nitrogen and oxygen atoms in total. The van der Waals surface area contributed by atoms with E-state index in [1.807, 2.05) is 12.5 Å². The maximum Gasteiger partial charge on any atom is 0.190 e. The van der Waals surface area contributed by atoms with E-state index in [4.69, 9.17) is 11.6 Å². The van der Waals surface area contributed by atoms with Gasteiger partial charge in [-0.3, -0.25) is 5.10 Å². The number of rotatable bonds is 4. The SMILES string of the molecule is CSc1nc(Cl)cc(NCc2cn[nH]c2)n1. The minimum atomic E-state index is 0.439. The van der Waals surface area contributed by atoms with Crippen molar-refractivity contribution in [1.82, 2.24) is 20.2 Å². The topological polar surface area (TPSA) is 66.5 Å². The summed E-state index contributed by atoms with van der Waals surface area (Å²) in [4.78, 5) is 8.33.